The van der Waals surface area contributed by atoms with Gasteiger partial charge in [-0.25, -0.2) is 9.78 Å². The first-order chi connectivity index (χ1) is 8.09. The van der Waals surface area contributed by atoms with Crippen molar-refractivity contribution >= 4 is 23.4 Å². The second-order valence-corrected chi connectivity index (χ2v) is 3.87. The minimum atomic E-state index is -1.10. The van der Waals surface area contributed by atoms with Crippen LogP contribution in [0.4, 0.5) is 5.82 Å². The number of rotatable bonds is 2. The largest absolute Gasteiger partial charge is 0.478 e. The van der Waals surface area contributed by atoms with Crippen molar-refractivity contribution in [3.05, 3.63) is 47.1 Å². The third-order valence-electron chi connectivity index (χ3n) is 2.35. The molecule has 0 radical (unpaired) electrons. The van der Waals surface area contributed by atoms with Crippen LogP contribution < -0.4 is 5.73 Å². The highest BCUT2D eigenvalue weighted by Gasteiger charge is 2.15. The first-order valence-electron chi connectivity index (χ1n) is 4.83. The maximum atomic E-state index is 11.1. The molecule has 1 heterocycles. The minimum Gasteiger partial charge on any atom is -0.478 e. The van der Waals surface area contributed by atoms with Gasteiger partial charge in [-0.3, -0.25) is 0 Å². The molecule has 4 nitrogen and oxygen atoms in total. The molecule has 1 aromatic carbocycles. The molecule has 1 aromatic heterocycles. The summed E-state index contributed by atoms with van der Waals surface area (Å²) in [5.74, 6) is -1.09. The second-order valence-electron chi connectivity index (χ2n) is 3.43. The Morgan fingerprint density at radius 3 is 2.47 bits per heavy atom. The predicted octanol–water partition coefficient (Wildman–Crippen LogP) is 2.68. The molecule has 0 bridgehead atoms. The van der Waals surface area contributed by atoms with E-state index >= 15 is 0 Å². The Bertz CT molecular complexity index is 567. The molecule has 0 atom stereocenters. The molecule has 0 saturated carbocycles. The van der Waals surface area contributed by atoms with Gasteiger partial charge in [0.25, 0.3) is 0 Å². The lowest BCUT2D eigenvalue weighted by atomic mass is 10.0. The quantitative estimate of drug-likeness (QED) is 0.857. The summed E-state index contributed by atoms with van der Waals surface area (Å²) in [4.78, 5) is 14.9. The fourth-order valence-corrected chi connectivity index (χ4v) is 1.70. The van der Waals surface area contributed by atoms with Gasteiger partial charge in [0.05, 0.1) is 0 Å². The van der Waals surface area contributed by atoms with Crippen LogP contribution in [0.1, 0.15) is 10.4 Å². The number of nitrogen functional groups attached to an aromatic ring is 1. The summed E-state index contributed by atoms with van der Waals surface area (Å²) < 4.78 is 0. The molecule has 3 N–H and O–H groups in total. The summed E-state index contributed by atoms with van der Waals surface area (Å²) >= 11 is 5.78. The molecular weight excluding hydrogens is 240 g/mol. The fourth-order valence-electron chi connectivity index (χ4n) is 1.57. The number of nitrogens with zero attached hydrogens (tertiary/aromatic N) is 1. The molecule has 86 valence electrons. The molecule has 0 aliphatic heterocycles. The lowest BCUT2D eigenvalue weighted by Crippen LogP contribution is -2.06. The van der Waals surface area contributed by atoms with Crippen molar-refractivity contribution in [1.29, 1.82) is 0 Å². The van der Waals surface area contributed by atoms with E-state index in [0.717, 1.165) is 5.56 Å². The first-order valence-corrected chi connectivity index (χ1v) is 5.21. The van der Waals surface area contributed by atoms with Crippen LogP contribution in [0.5, 0.6) is 0 Å². The molecule has 0 spiro atoms. The summed E-state index contributed by atoms with van der Waals surface area (Å²) in [6.45, 7) is 0. The highest BCUT2D eigenvalue weighted by Crippen LogP contribution is 2.27. The molecule has 0 unspecified atom stereocenters. The number of halogens is 1. The Kier molecular flexibility index (Phi) is 2.97. The van der Waals surface area contributed by atoms with Gasteiger partial charge in [-0.15, -0.1) is 0 Å². The van der Waals surface area contributed by atoms with Crippen molar-refractivity contribution < 1.29 is 9.90 Å². The molecule has 17 heavy (non-hydrogen) atoms. The monoisotopic (exact) mass is 248 g/mol. The van der Waals surface area contributed by atoms with E-state index in [-0.39, 0.29) is 11.4 Å². The van der Waals surface area contributed by atoms with Gasteiger partial charge >= 0.3 is 5.97 Å². The Labute approximate surface area is 103 Å². The Hall–Kier alpha value is -2.07. The number of hydrogen-bond acceptors (Lipinski definition) is 3. The number of benzene rings is 1. The number of carboxylic acids is 1. The van der Waals surface area contributed by atoms with Crippen molar-refractivity contribution in [2.45, 2.75) is 0 Å². The summed E-state index contributed by atoms with van der Waals surface area (Å²) in [6, 6.07) is 8.48. The van der Waals surface area contributed by atoms with Gasteiger partial charge in [0.1, 0.15) is 11.4 Å². The maximum absolute atomic E-state index is 11.1. The van der Waals surface area contributed by atoms with Crippen LogP contribution in [0.3, 0.4) is 0 Å². The standard InChI is InChI=1S/C12H9ClN2O2/c13-8-3-1-7(2-4-8)9-5-6-15-11(14)10(9)12(16)17/h1-6H,(H2,14,15)(H,16,17). The van der Waals surface area contributed by atoms with Crippen LogP contribution in [0.15, 0.2) is 36.5 Å². The normalized spacial score (nSPS) is 10.2. The highest BCUT2D eigenvalue weighted by molar-refractivity contribution is 6.30. The van der Waals surface area contributed by atoms with Crippen molar-refractivity contribution in [3.63, 3.8) is 0 Å². The van der Waals surface area contributed by atoms with Gasteiger partial charge < -0.3 is 10.8 Å². The van der Waals surface area contributed by atoms with Gasteiger partial charge in [0, 0.05) is 16.8 Å². The lowest BCUT2D eigenvalue weighted by Gasteiger charge is -2.07. The van der Waals surface area contributed by atoms with Gasteiger partial charge in [-0.2, -0.15) is 0 Å². The average molecular weight is 249 g/mol. The van der Waals surface area contributed by atoms with E-state index in [1.807, 2.05) is 0 Å². The maximum Gasteiger partial charge on any atom is 0.340 e. The Morgan fingerprint density at radius 2 is 1.88 bits per heavy atom. The molecular formula is C12H9ClN2O2. The molecule has 0 amide bonds. The first kappa shape index (κ1) is 11.4. The summed E-state index contributed by atoms with van der Waals surface area (Å²) in [5.41, 5.74) is 6.85. The van der Waals surface area contributed by atoms with Crippen molar-refractivity contribution in [3.8, 4) is 11.1 Å². The SMILES string of the molecule is Nc1nccc(-c2ccc(Cl)cc2)c1C(=O)O. The molecule has 0 aliphatic carbocycles. The Morgan fingerprint density at radius 1 is 1.24 bits per heavy atom. The van der Waals surface area contributed by atoms with Crippen LogP contribution in [-0.2, 0) is 0 Å². The molecule has 2 aromatic rings. The topological polar surface area (TPSA) is 76.2 Å². The van der Waals surface area contributed by atoms with Crippen molar-refractivity contribution in [2.75, 3.05) is 5.73 Å². The summed E-state index contributed by atoms with van der Waals surface area (Å²) in [7, 11) is 0. The number of anilines is 1. The van der Waals surface area contributed by atoms with Crippen molar-refractivity contribution in [1.82, 2.24) is 4.98 Å². The molecule has 5 heteroatoms. The molecule has 2 rings (SSSR count). The zero-order valence-electron chi connectivity index (χ0n) is 8.72. The van der Waals surface area contributed by atoms with Crippen LogP contribution >= 0.6 is 11.6 Å². The number of aromatic nitrogens is 1. The second kappa shape index (κ2) is 4.43. The molecule has 0 fully saturated rings. The zero-order valence-corrected chi connectivity index (χ0v) is 9.48. The van der Waals surface area contributed by atoms with E-state index in [4.69, 9.17) is 22.4 Å². The number of pyridine rings is 1. The van der Waals surface area contributed by atoms with Gasteiger partial charge in [0.2, 0.25) is 0 Å². The number of hydrogen-bond donors (Lipinski definition) is 2. The third kappa shape index (κ3) is 2.21. The number of carbonyl (C=O) groups is 1. The van der Waals surface area contributed by atoms with Crippen LogP contribution in [0.2, 0.25) is 5.02 Å². The van der Waals surface area contributed by atoms with Crippen molar-refractivity contribution in [2.24, 2.45) is 0 Å². The molecule has 0 saturated heterocycles. The van der Waals surface area contributed by atoms with E-state index in [9.17, 15) is 4.79 Å². The fraction of sp³-hybridized carbons (Fsp3) is 0. The number of nitrogens with two attached hydrogens (primary N) is 1. The zero-order chi connectivity index (χ0) is 12.4. The van der Waals surface area contributed by atoms with Gasteiger partial charge in [-0.1, -0.05) is 23.7 Å². The number of carboxylic acid groups (broad SMARTS) is 1. The summed E-state index contributed by atoms with van der Waals surface area (Å²) in [6.07, 6.45) is 1.48. The molecule has 0 aliphatic rings. The van der Waals surface area contributed by atoms with Gasteiger partial charge in [-0.05, 0) is 23.8 Å². The van der Waals surface area contributed by atoms with Crippen LogP contribution in [0.25, 0.3) is 11.1 Å². The van der Waals surface area contributed by atoms with E-state index in [0.29, 0.717) is 10.6 Å². The summed E-state index contributed by atoms with van der Waals surface area (Å²) in [5, 5.41) is 9.71. The predicted molar refractivity (Wildman–Crippen MR) is 66.1 cm³/mol. The van der Waals surface area contributed by atoms with Crippen LogP contribution in [0, 0.1) is 0 Å². The smallest absolute Gasteiger partial charge is 0.340 e. The van der Waals surface area contributed by atoms with E-state index in [2.05, 4.69) is 4.98 Å². The van der Waals surface area contributed by atoms with E-state index in [1.165, 1.54) is 6.20 Å². The van der Waals surface area contributed by atoms with E-state index < -0.39 is 5.97 Å². The average Bonchev–Trinajstić information content (AvgIpc) is 2.29. The lowest BCUT2D eigenvalue weighted by molar-refractivity contribution is 0.0698. The Balaban J connectivity index is 2.63. The van der Waals surface area contributed by atoms with E-state index in [1.54, 1.807) is 30.3 Å². The highest BCUT2D eigenvalue weighted by atomic mass is 35.5. The minimum absolute atomic E-state index is 0.00458. The van der Waals surface area contributed by atoms with Gasteiger partial charge in [0.15, 0.2) is 0 Å². The third-order valence-corrected chi connectivity index (χ3v) is 2.60. The number of aromatic carboxylic acids is 1. The van der Waals surface area contributed by atoms with Crippen LogP contribution in [-0.4, -0.2) is 16.1 Å².